The number of thiophene rings is 1. The fourth-order valence-electron chi connectivity index (χ4n) is 3.11. The molecule has 1 aliphatic rings. The van der Waals surface area contributed by atoms with Crippen LogP contribution in [0.1, 0.15) is 21.9 Å². The van der Waals surface area contributed by atoms with Crippen molar-refractivity contribution in [3.8, 4) is 11.8 Å². The van der Waals surface area contributed by atoms with Crippen molar-refractivity contribution in [1.29, 1.82) is 5.26 Å². The summed E-state index contributed by atoms with van der Waals surface area (Å²) in [4.78, 5) is 16.6. The van der Waals surface area contributed by atoms with Crippen LogP contribution in [-0.2, 0) is 0 Å². The molecule has 3 N–H and O–H groups in total. The van der Waals surface area contributed by atoms with Crippen LogP contribution in [0.3, 0.4) is 0 Å². The van der Waals surface area contributed by atoms with E-state index in [0.29, 0.717) is 16.8 Å². The zero-order valence-electron chi connectivity index (χ0n) is 12.8. The van der Waals surface area contributed by atoms with Crippen molar-refractivity contribution in [3.05, 3.63) is 73.5 Å². The number of nitriles is 1. The van der Waals surface area contributed by atoms with Crippen molar-refractivity contribution in [1.82, 2.24) is 4.98 Å². The van der Waals surface area contributed by atoms with Gasteiger partial charge in [0.05, 0.1) is 17.0 Å². The van der Waals surface area contributed by atoms with Crippen LogP contribution in [0.2, 0.25) is 0 Å². The number of pyridine rings is 1. The predicted octanol–water partition coefficient (Wildman–Crippen LogP) is 3.12. The molecule has 1 aliphatic heterocycles. The van der Waals surface area contributed by atoms with E-state index in [4.69, 9.17) is 10.5 Å². The lowest BCUT2D eigenvalue weighted by Gasteiger charge is -2.26. The van der Waals surface area contributed by atoms with Gasteiger partial charge in [0.15, 0.2) is 0 Å². The highest BCUT2D eigenvalue weighted by molar-refractivity contribution is 7.10. The normalized spacial score (nSPS) is 16.6. The van der Waals surface area contributed by atoms with Crippen molar-refractivity contribution in [2.75, 3.05) is 0 Å². The Kier molecular flexibility index (Phi) is 3.18. The Balaban J connectivity index is 2.12. The SMILES string of the molecule is Cc1ccsc1[C@@H]1C(C#N)=C(N)Oc2c1c(=O)[nH]c1ccccc21. The molecular weight excluding hydrogens is 322 g/mol. The molecule has 3 heterocycles. The van der Waals surface area contributed by atoms with Crippen LogP contribution in [0, 0.1) is 18.3 Å². The first kappa shape index (κ1) is 14.5. The Morgan fingerprint density at radius 3 is 2.83 bits per heavy atom. The van der Waals surface area contributed by atoms with Gasteiger partial charge in [-0.25, -0.2) is 0 Å². The Bertz CT molecular complexity index is 1100. The van der Waals surface area contributed by atoms with E-state index >= 15 is 0 Å². The zero-order chi connectivity index (χ0) is 16.8. The van der Waals surface area contributed by atoms with Crippen LogP contribution in [0.5, 0.6) is 5.75 Å². The van der Waals surface area contributed by atoms with E-state index in [1.807, 2.05) is 42.6 Å². The van der Waals surface area contributed by atoms with Crippen LogP contribution >= 0.6 is 11.3 Å². The lowest BCUT2D eigenvalue weighted by molar-refractivity contribution is 0.397. The van der Waals surface area contributed by atoms with E-state index in [1.165, 1.54) is 11.3 Å². The smallest absolute Gasteiger partial charge is 0.256 e. The van der Waals surface area contributed by atoms with Gasteiger partial charge in [-0.3, -0.25) is 4.79 Å². The number of allylic oxidation sites excluding steroid dienone is 1. The molecule has 0 radical (unpaired) electrons. The third-order valence-electron chi connectivity index (χ3n) is 4.25. The van der Waals surface area contributed by atoms with Crippen molar-refractivity contribution in [3.63, 3.8) is 0 Å². The Hall–Kier alpha value is -3.04. The second kappa shape index (κ2) is 5.25. The van der Waals surface area contributed by atoms with Gasteiger partial charge >= 0.3 is 0 Å². The predicted molar refractivity (Wildman–Crippen MR) is 92.9 cm³/mol. The molecular formula is C18H13N3O2S. The first-order chi connectivity index (χ1) is 11.6. The molecule has 1 aromatic carbocycles. The molecule has 5 nitrogen and oxygen atoms in total. The molecule has 0 aliphatic carbocycles. The topological polar surface area (TPSA) is 91.9 Å². The highest BCUT2D eigenvalue weighted by Gasteiger charge is 2.35. The van der Waals surface area contributed by atoms with Crippen LogP contribution in [0.4, 0.5) is 0 Å². The molecule has 6 heteroatoms. The van der Waals surface area contributed by atoms with Gasteiger partial charge in [-0.1, -0.05) is 12.1 Å². The van der Waals surface area contributed by atoms with Crippen molar-refractivity contribution in [2.45, 2.75) is 12.8 Å². The summed E-state index contributed by atoms with van der Waals surface area (Å²) < 4.78 is 5.72. The number of nitrogens with two attached hydrogens (primary N) is 1. The fraction of sp³-hybridized carbons (Fsp3) is 0.111. The molecule has 0 saturated heterocycles. The van der Waals surface area contributed by atoms with E-state index in [-0.39, 0.29) is 17.0 Å². The maximum atomic E-state index is 12.8. The second-order valence-electron chi connectivity index (χ2n) is 5.64. The van der Waals surface area contributed by atoms with Gasteiger partial charge in [0.1, 0.15) is 17.4 Å². The summed E-state index contributed by atoms with van der Waals surface area (Å²) >= 11 is 1.51. The first-order valence-corrected chi connectivity index (χ1v) is 8.26. The van der Waals surface area contributed by atoms with Gasteiger partial charge in [0, 0.05) is 10.3 Å². The molecule has 0 unspecified atom stereocenters. The van der Waals surface area contributed by atoms with Crippen molar-refractivity contribution in [2.24, 2.45) is 5.73 Å². The maximum Gasteiger partial charge on any atom is 0.256 e. The van der Waals surface area contributed by atoms with Gasteiger partial charge in [0.2, 0.25) is 5.88 Å². The third-order valence-corrected chi connectivity index (χ3v) is 5.33. The average molecular weight is 335 g/mol. The summed E-state index contributed by atoms with van der Waals surface area (Å²) in [5.41, 5.74) is 8.16. The highest BCUT2D eigenvalue weighted by atomic mass is 32.1. The lowest BCUT2D eigenvalue weighted by Crippen LogP contribution is -2.27. The van der Waals surface area contributed by atoms with Crippen LogP contribution in [0.25, 0.3) is 10.9 Å². The number of aromatic amines is 1. The number of aryl methyl sites for hydroxylation is 1. The second-order valence-corrected chi connectivity index (χ2v) is 6.58. The molecule has 4 rings (SSSR count). The van der Waals surface area contributed by atoms with Crippen molar-refractivity contribution >= 4 is 22.2 Å². The summed E-state index contributed by atoms with van der Waals surface area (Å²) in [6.07, 6.45) is 0. The molecule has 0 bridgehead atoms. The van der Waals surface area contributed by atoms with Gasteiger partial charge in [-0.05, 0) is 36.1 Å². The first-order valence-electron chi connectivity index (χ1n) is 7.38. The molecule has 0 fully saturated rings. The molecule has 118 valence electrons. The molecule has 0 spiro atoms. The summed E-state index contributed by atoms with van der Waals surface area (Å²) in [7, 11) is 0. The number of para-hydroxylation sites is 1. The van der Waals surface area contributed by atoms with Gasteiger partial charge in [0.25, 0.3) is 5.56 Å². The number of nitrogens with zero attached hydrogens (tertiary/aromatic N) is 1. The zero-order valence-corrected chi connectivity index (χ0v) is 13.6. The van der Waals surface area contributed by atoms with E-state index in [1.54, 1.807) is 0 Å². The molecule has 0 saturated carbocycles. The average Bonchev–Trinajstić information content (AvgIpc) is 2.99. The number of ether oxygens (including phenoxy) is 1. The van der Waals surface area contributed by atoms with E-state index in [9.17, 15) is 10.1 Å². The molecule has 3 aromatic rings. The number of hydrogen-bond donors (Lipinski definition) is 2. The van der Waals surface area contributed by atoms with Crippen LogP contribution < -0.4 is 16.0 Å². The van der Waals surface area contributed by atoms with E-state index < -0.39 is 5.92 Å². The van der Waals surface area contributed by atoms with E-state index in [2.05, 4.69) is 11.1 Å². The number of benzene rings is 1. The van der Waals surface area contributed by atoms with Crippen LogP contribution in [-0.4, -0.2) is 4.98 Å². The number of rotatable bonds is 1. The maximum absolute atomic E-state index is 12.8. The third kappa shape index (κ3) is 1.95. The molecule has 24 heavy (non-hydrogen) atoms. The highest BCUT2D eigenvalue weighted by Crippen LogP contribution is 2.45. The fourth-order valence-corrected chi connectivity index (χ4v) is 4.16. The summed E-state index contributed by atoms with van der Waals surface area (Å²) in [5, 5.41) is 12.3. The summed E-state index contributed by atoms with van der Waals surface area (Å²) in [6, 6.07) is 11.5. The minimum absolute atomic E-state index is 0.0542. The van der Waals surface area contributed by atoms with Crippen LogP contribution in [0.15, 0.2) is 52.0 Å². The Morgan fingerprint density at radius 2 is 2.12 bits per heavy atom. The standard InChI is InChI=1S/C18H13N3O2S/c1-9-6-7-24-16(9)13-11(8-19)17(20)23-15-10-4-2-3-5-12(10)21-18(22)14(13)15/h2-7,13H,20H2,1H3,(H,21,22)/t13-/m1/s1. The number of fused-ring (bicyclic) bond motifs is 3. The largest absolute Gasteiger partial charge is 0.439 e. The monoisotopic (exact) mass is 335 g/mol. The van der Waals surface area contributed by atoms with E-state index in [0.717, 1.165) is 15.8 Å². The van der Waals surface area contributed by atoms with Crippen molar-refractivity contribution < 1.29 is 4.74 Å². The van der Waals surface area contributed by atoms with Gasteiger partial charge < -0.3 is 15.5 Å². The molecule has 0 amide bonds. The molecule has 1 atom stereocenters. The summed E-state index contributed by atoms with van der Waals surface area (Å²) in [6.45, 7) is 1.96. The minimum atomic E-state index is -0.507. The number of H-pyrrole nitrogens is 1. The number of nitrogens with one attached hydrogen (secondary N) is 1. The summed E-state index contributed by atoms with van der Waals surface area (Å²) in [5.74, 6) is -0.0192. The number of aromatic nitrogens is 1. The molecule has 2 aromatic heterocycles. The lowest BCUT2D eigenvalue weighted by atomic mass is 9.86. The number of hydrogen-bond acceptors (Lipinski definition) is 5. The Morgan fingerprint density at radius 1 is 1.33 bits per heavy atom. The Labute approximate surface area is 141 Å². The van der Waals surface area contributed by atoms with Gasteiger partial charge in [-0.15, -0.1) is 11.3 Å². The quantitative estimate of drug-likeness (QED) is 0.715. The van der Waals surface area contributed by atoms with Gasteiger partial charge in [-0.2, -0.15) is 5.26 Å². The minimum Gasteiger partial charge on any atom is -0.439 e.